The van der Waals surface area contributed by atoms with E-state index in [1.165, 1.54) is 11.0 Å². The molecule has 0 radical (unpaired) electrons. The van der Waals surface area contributed by atoms with E-state index in [2.05, 4.69) is 26.3 Å². The van der Waals surface area contributed by atoms with Gasteiger partial charge in [-0.15, -0.1) is 0 Å². The van der Waals surface area contributed by atoms with Gasteiger partial charge in [0.15, 0.2) is 5.82 Å². The molecule has 2 aliphatic heterocycles. The number of fused-ring (bicyclic) bond motifs is 4. The van der Waals surface area contributed by atoms with E-state index in [4.69, 9.17) is 23.2 Å². The van der Waals surface area contributed by atoms with Crippen LogP contribution in [-0.4, -0.2) is 38.7 Å². The lowest BCUT2D eigenvalue weighted by Crippen LogP contribution is -2.53. The van der Waals surface area contributed by atoms with Gasteiger partial charge in [0.25, 0.3) is 11.8 Å². The summed E-state index contributed by atoms with van der Waals surface area (Å²) in [5.74, 6) is -6.93. The number of aromatic hydroxyl groups is 1. The summed E-state index contributed by atoms with van der Waals surface area (Å²) in [5.41, 5.74) is 2.38. The van der Waals surface area contributed by atoms with Crippen molar-refractivity contribution in [1.29, 1.82) is 0 Å². The molecular weight excluding hydrogens is 812 g/mol. The number of carbonyl (C=O) groups excluding carboxylic acids is 4. The van der Waals surface area contributed by atoms with Crippen LogP contribution < -0.4 is 10.3 Å². The van der Waals surface area contributed by atoms with Gasteiger partial charge in [-0.1, -0.05) is 75.0 Å². The molecule has 54 heavy (non-hydrogen) atoms. The first-order chi connectivity index (χ1) is 25.6. The second-order valence-corrected chi connectivity index (χ2v) is 15.7. The number of amides is 4. The van der Waals surface area contributed by atoms with Crippen molar-refractivity contribution >= 4 is 74.3 Å². The number of phenolic OH excluding ortho intramolecular Hbond substituents is 1. The van der Waals surface area contributed by atoms with Crippen LogP contribution in [0, 0.1) is 30.6 Å². The number of aromatic nitrogens is 1. The third-order valence-electron chi connectivity index (χ3n) is 11.2. The number of aryl methyl sites for hydroxylation is 1. The van der Waals surface area contributed by atoms with Gasteiger partial charge in [-0.3, -0.25) is 29.5 Å². The molecule has 276 valence electrons. The molecule has 1 aromatic heterocycles. The van der Waals surface area contributed by atoms with Crippen LogP contribution in [-0.2, 0) is 30.8 Å². The Hall–Kier alpha value is -4.72. The molecule has 0 bridgehead atoms. The lowest BCUT2D eigenvalue weighted by atomic mass is 9.49. The molecule has 4 aromatic rings. The number of hydrogen-bond donors (Lipinski definition) is 2. The smallest absolute Gasteiger partial charge is 0.417 e. The van der Waals surface area contributed by atoms with Crippen LogP contribution in [0.1, 0.15) is 41.0 Å². The molecule has 3 heterocycles. The van der Waals surface area contributed by atoms with Gasteiger partial charge in [0, 0.05) is 21.6 Å². The van der Waals surface area contributed by atoms with Gasteiger partial charge in [0.2, 0.25) is 11.8 Å². The molecule has 4 amide bonds. The van der Waals surface area contributed by atoms with Crippen LogP contribution in [0.4, 0.5) is 24.7 Å². The van der Waals surface area contributed by atoms with E-state index in [9.17, 15) is 32.7 Å². The molecule has 1 saturated carbocycles. The highest BCUT2D eigenvalue weighted by Crippen LogP contribution is 2.64. The zero-order chi connectivity index (χ0) is 38.4. The summed E-state index contributed by atoms with van der Waals surface area (Å²) >= 11 is 16.0. The second-order valence-electron chi connectivity index (χ2n) is 14.0. The summed E-state index contributed by atoms with van der Waals surface area (Å²) in [6, 6.07) is 18.8. The maximum atomic E-state index is 15.3. The topological polar surface area (TPSA) is 120 Å². The number of carbonyl (C=O) groups is 4. The Morgan fingerprint density at radius 1 is 0.926 bits per heavy atom. The number of nitrogens with zero attached hydrogens (tertiary/aromatic N) is 3. The molecule has 3 fully saturated rings. The summed E-state index contributed by atoms with van der Waals surface area (Å²) in [7, 11) is 0. The first-order valence-corrected chi connectivity index (χ1v) is 18.4. The highest BCUT2D eigenvalue weighted by Gasteiger charge is 2.70. The van der Waals surface area contributed by atoms with Crippen molar-refractivity contribution < 1.29 is 37.5 Å². The Morgan fingerprint density at radius 2 is 1.63 bits per heavy atom. The number of anilines is 2. The Morgan fingerprint density at radius 3 is 2.28 bits per heavy atom. The van der Waals surface area contributed by atoms with Crippen molar-refractivity contribution in [1.82, 2.24) is 9.99 Å². The normalized spacial score (nSPS) is 26.4. The maximum Gasteiger partial charge on any atom is 0.417 e. The van der Waals surface area contributed by atoms with Crippen LogP contribution in [0.5, 0.6) is 5.75 Å². The molecule has 6 atom stereocenters. The van der Waals surface area contributed by atoms with Gasteiger partial charge in [-0.2, -0.15) is 18.2 Å². The summed E-state index contributed by atoms with van der Waals surface area (Å²) < 4.78 is 41.2. The van der Waals surface area contributed by atoms with Crippen molar-refractivity contribution in [2.24, 2.45) is 23.7 Å². The van der Waals surface area contributed by atoms with Crippen LogP contribution in [0.3, 0.4) is 0 Å². The number of pyridine rings is 1. The van der Waals surface area contributed by atoms with Crippen molar-refractivity contribution in [3.05, 3.63) is 127 Å². The molecule has 2 aliphatic carbocycles. The number of nitrogens with one attached hydrogen (secondary N) is 1. The summed E-state index contributed by atoms with van der Waals surface area (Å²) in [4.78, 5) is 63.5. The number of imide groups is 2. The van der Waals surface area contributed by atoms with E-state index in [0.717, 1.165) is 9.48 Å². The van der Waals surface area contributed by atoms with Crippen LogP contribution in [0.25, 0.3) is 0 Å². The van der Waals surface area contributed by atoms with E-state index >= 15 is 4.79 Å². The number of hydrogen-bond acceptors (Lipinski definition) is 7. The quantitative estimate of drug-likeness (QED) is 0.153. The van der Waals surface area contributed by atoms with Gasteiger partial charge in [0.05, 0.1) is 39.4 Å². The number of allylic oxidation sites excluding steroid dienone is 2. The van der Waals surface area contributed by atoms with Crippen LogP contribution >= 0.6 is 39.1 Å². The highest BCUT2D eigenvalue weighted by atomic mass is 79.9. The standard InChI is InChI=1S/C39H28BrCl2F3N4O5/c1-18-14-19(2-13-30(18)50)32-25-11-12-26-31(36(53)48(34(26)51)24-9-5-22(40)6-10-24)27(25)16-28-35(52)49(37(54)38(28,32)20-3-7-23(41)8-4-20)47-33-29(42)15-21(17-46-33)39(43,44)45/h2-11,13-15,17,26-28,31-32,50H,12,16H2,1H3,(H,46,47). The minimum Gasteiger partial charge on any atom is -0.508 e. The monoisotopic (exact) mass is 838 g/mol. The van der Waals surface area contributed by atoms with Crippen molar-refractivity contribution in [2.45, 2.75) is 37.3 Å². The van der Waals surface area contributed by atoms with Gasteiger partial charge >= 0.3 is 6.18 Å². The molecule has 15 heteroatoms. The lowest BCUT2D eigenvalue weighted by molar-refractivity contribution is -0.139. The predicted octanol–water partition coefficient (Wildman–Crippen LogP) is 8.37. The van der Waals surface area contributed by atoms with Gasteiger partial charge in [0.1, 0.15) is 5.75 Å². The second kappa shape index (κ2) is 13.0. The van der Waals surface area contributed by atoms with Gasteiger partial charge < -0.3 is 5.11 Å². The number of benzene rings is 3. The Labute approximate surface area is 324 Å². The molecule has 8 rings (SSSR count). The molecule has 2 N–H and O–H groups in total. The Kier molecular flexibility index (Phi) is 8.70. The first kappa shape index (κ1) is 36.3. The maximum absolute atomic E-state index is 15.3. The molecule has 9 nitrogen and oxygen atoms in total. The molecular formula is C39H28BrCl2F3N4O5. The third-order valence-corrected chi connectivity index (χ3v) is 12.3. The average molecular weight is 840 g/mol. The SMILES string of the molecule is Cc1cc(C2C3=CCC4C(=O)N(c5ccc(Br)cc5)C(=O)C4C3CC3C(=O)N(Nc4ncc(C(F)(F)F)cc4Cl)C(=O)C32c2ccc(Cl)cc2)ccc1O. The van der Waals surface area contributed by atoms with E-state index in [1.807, 2.05) is 6.08 Å². The minimum atomic E-state index is -4.74. The predicted molar refractivity (Wildman–Crippen MR) is 196 cm³/mol. The van der Waals surface area contributed by atoms with Crippen LogP contribution in [0.15, 0.2) is 95.1 Å². The van der Waals surface area contributed by atoms with Gasteiger partial charge in [-0.05, 0) is 90.9 Å². The van der Waals surface area contributed by atoms with Crippen molar-refractivity contribution in [2.75, 3.05) is 10.3 Å². The number of hydrazine groups is 1. The number of rotatable bonds is 5. The molecule has 6 unspecified atom stereocenters. The largest absolute Gasteiger partial charge is 0.508 e. The summed E-state index contributed by atoms with van der Waals surface area (Å²) in [6.45, 7) is 1.69. The fourth-order valence-corrected chi connectivity index (χ4v) is 9.46. The number of alkyl halides is 3. The lowest BCUT2D eigenvalue weighted by Gasteiger charge is -2.50. The molecule has 3 aromatic carbocycles. The number of phenols is 1. The fourth-order valence-electron chi connectivity index (χ4n) is 8.86. The van der Waals surface area contributed by atoms with Crippen LogP contribution in [0.2, 0.25) is 10.0 Å². The average Bonchev–Trinajstić information content (AvgIpc) is 3.51. The minimum absolute atomic E-state index is 0.00253. The zero-order valence-corrected chi connectivity index (χ0v) is 31.2. The zero-order valence-electron chi connectivity index (χ0n) is 28.1. The molecule has 0 spiro atoms. The Bertz CT molecular complexity index is 2300. The summed E-state index contributed by atoms with van der Waals surface area (Å²) in [6.07, 6.45) is -2.13. The van der Waals surface area contributed by atoms with Crippen molar-refractivity contribution in [3.8, 4) is 5.75 Å². The molecule has 4 aliphatic rings. The van der Waals surface area contributed by atoms with Crippen molar-refractivity contribution in [3.63, 3.8) is 0 Å². The third kappa shape index (κ3) is 5.45. The molecule has 2 saturated heterocycles. The highest BCUT2D eigenvalue weighted by molar-refractivity contribution is 9.10. The fraction of sp³-hybridized carbons (Fsp3) is 0.256. The Balaban J connectivity index is 1.31. The van der Waals surface area contributed by atoms with E-state index < -0.39 is 69.5 Å². The number of halogens is 6. The van der Waals surface area contributed by atoms with E-state index in [1.54, 1.807) is 67.6 Å². The first-order valence-electron chi connectivity index (χ1n) is 16.9. The van der Waals surface area contributed by atoms with E-state index in [0.29, 0.717) is 45.2 Å². The van der Waals surface area contributed by atoms with E-state index in [-0.39, 0.29) is 30.3 Å². The summed E-state index contributed by atoms with van der Waals surface area (Å²) in [5, 5.41) is 11.2. The van der Waals surface area contributed by atoms with Gasteiger partial charge in [-0.25, -0.2) is 4.98 Å².